The van der Waals surface area contributed by atoms with Crippen molar-refractivity contribution in [1.29, 1.82) is 0 Å². The van der Waals surface area contributed by atoms with Crippen molar-refractivity contribution in [2.45, 2.75) is 30.4 Å². The number of ether oxygens (including phenoxy) is 1. The SMILES string of the molecule is O=C(O)C1(OP(=O)(O)O)OC(O)C(O)C(O)C1O. The van der Waals surface area contributed by atoms with Crippen molar-refractivity contribution in [3.8, 4) is 0 Å². The van der Waals surface area contributed by atoms with Crippen molar-refractivity contribution >= 4 is 13.8 Å². The van der Waals surface area contributed by atoms with Crippen LogP contribution in [0.25, 0.3) is 0 Å². The Bertz CT molecular complexity index is 378. The van der Waals surface area contributed by atoms with Crippen LogP contribution in [-0.2, 0) is 18.6 Å². The van der Waals surface area contributed by atoms with Crippen molar-refractivity contribution in [2.24, 2.45) is 0 Å². The maximum Gasteiger partial charge on any atom is 0.472 e. The Morgan fingerprint density at radius 1 is 1.17 bits per heavy atom. The molecule has 0 saturated carbocycles. The summed E-state index contributed by atoms with van der Waals surface area (Å²) in [6.07, 6.45) is -9.20. The summed E-state index contributed by atoms with van der Waals surface area (Å²) in [7, 11) is -5.43. The second kappa shape index (κ2) is 4.81. The molecule has 5 atom stereocenters. The van der Waals surface area contributed by atoms with Gasteiger partial charge in [-0.15, -0.1) is 0 Å². The number of aliphatic hydroxyl groups is 4. The Balaban J connectivity index is 3.18. The van der Waals surface area contributed by atoms with Gasteiger partial charge in [0.25, 0.3) is 0 Å². The molecule has 18 heavy (non-hydrogen) atoms. The molecule has 0 aliphatic carbocycles. The molecule has 1 fully saturated rings. The molecule has 1 rings (SSSR count). The fraction of sp³-hybridized carbons (Fsp3) is 0.833. The van der Waals surface area contributed by atoms with E-state index >= 15 is 0 Å². The maximum absolute atomic E-state index is 10.9. The highest BCUT2D eigenvalue weighted by Gasteiger charge is 2.62. The fourth-order valence-corrected chi connectivity index (χ4v) is 1.95. The third kappa shape index (κ3) is 2.69. The zero-order chi connectivity index (χ0) is 14.3. The largest absolute Gasteiger partial charge is 0.477 e. The Morgan fingerprint density at radius 3 is 2.06 bits per heavy atom. The summed E-state index contributed by atoms with van der Waals surface area (Å²) in [5.41, 5.74) is 0. The van der Waals surface area contributed by atoms with E-state index in [4.69, 9.17) is 25.1 Å². The topological polar surface area (TPSA) is 194 Å². The van der Waals surface area contributed by atoms with Crippen LogP contribution in [0.4, 0.5) is 0 Å². The van der Waals surface area contributed by atoms with Crippen molar-refractivity contribution < 1.29 is 53.9 Å². The quantitative estimate of drug-likeness (QED) is 0.253. The number of carboxylic acids is 1. The number of aliphatic hydroxyl groups excluding tert-OH is 4. The van der Waals surface area contributed by atoms with Crippen molar-refractivity contribution in [3.63, 3.8) is 0 Å². The van der Waals surface area contributed by atoms with Crippen molar-refractivity contribution in [1.82, 2.24) is 0 Å². The lowest BCUT2D eigenvalue weighted by atomic mass is 9.96. The first kappa shape index (κ1) is 15.4. The predicted molar refractivity (Wildman–Crippen MR) is 48.6 cm³/mol. The zero-order valence-electron chi connectivity index (χ0n) is 8.52. The Kier molecular flexibility index (Phi) is 4.13. The molecule has 0 aromatic carbocycles. The highest BCUT2D eigenvalue weighted by atomic mass is 31.2. The second-order valence-electron chi connectivity index (χ2n) is 3.49. The van der Waals surface area contributed by atoms with Crippen molar-refractivity contribution in [3.05, 3.63) is 0 Å². The molecule has 0 aromatic heterocycles. The van der Waals surface area contributed by atoms with Crippen molar-refractivity contribution in [2.75, 3.05) is 0 Å². The molecule has 1 aliphatic heterocycles. The summed E-state index contributed by atoms with van der Waals surface area (Å²) in [4.78, 5) is 28.0. The van der Waals surface area contributed by atoms with Crippen LogP contribution in [0.5, 0.6) is 0 Å². The van der Waals surface area contributed by atoms with Crippen LogP contribution in [0.1, 0.15) is 0 Å². The smallest absolute Gasteiger partial charge is 0.472 e. The van der Waals surface area contributed by atoms with Gasteiger partial charge in [0.15, 0.2) is 6.29 Å². The fourth-order valence-electron chi connectivity index (χ4n) is 1.37. The number of phosphoric acid groups is 1. The molecule has 7 N–H and O–H groups in total. The van der Waals surface area contributed by atoms with Crippen LogP contribution in [0.3, 0.4) is 0 Å². The van der Waals surface area contributed by atoms with Crippen LogP contribution in [0.2, 0.25) is 0 Å². The molecule has 0 bridgehead atoms. The van der Waals surface area contributed by atoms with Crippen LogP contribution >= 0.6 is 7.82 Å². The highest BCUT2D eigenvalue weighted by molar-refractivity contribution is 7.46. The van der Waals surface area contributed by atoms with Gasteiger partial charge in [-0.2, -0.15) is 0 Å². The summed E-state index contributed by atoms with van der Waals surface area (Å²) >= 11 is 0. The number of hydrogen-bond acceptors (Lipinski definition) is 8. The van der Waals surface area contributed by atoms with Gasteiger partial charge >= 0.3 is 19.6 Å². The number of carbonyl (C=O) groups is 1. The normalized spacial score (nSPS) is 41.7. The summed E-state index contributed by atoms with van der Waals surface area (Å²) in [6.45, 7) is 0. The average Bonchev–Trinajstić information content (AvgIpc) is 2.20. The summed E-state index contributed by atoms with van der Waals surface area (Å²) in [5, 5.41) is 45.7. The van der Waals surface area contributed by atoms with Crippen LogP contribution in [0, 0.1) is 0 Å². The minimum absolute atomic E-state index is 2.08. The zero-order valence-corrected chi connectivity index (χ0v) is 9.41. The number of hydrogen-bond donors (Lipinski definition) is 7. The molecule has 1 heterocycles. The van der Waals surface area contributed by atoms with Gasteiger partial charge < -0.3 is 40.1 Å². The lowest BCUT2D eigenvalue weighted by Gasteiger charge is -2.43. The van der Waals surface area contributed by atoms with Gasteiger partial charge in [-0.1, -0.05) is 0 Å². The van der Waals surface area contributed by atoms with Gasteiger partial charge in [0, 0.05) is 0 Å². The van der Waals surface area contributed by atoms with Gasteiger partial charge in [-0.3, -0.25) is 0 Å². The molecule has 11 nitrogen and oxygen atoms in total. The Hall–Kier alpha value is -0.620. The summed E-state index contributed by atoms with van der Waals surface area (Å²) < 4.78 is 18.6. The monoisotopic (exact) mass is 290 g/mol. The van der Waals surface area contributed by atoms with Gasteiger partial charge in [0.1, 0.15) is 18.3 Å². The number of aliphatic carboxylic acids is 1. The van der Waals surface area contributed by atoms with Crippen LogP contribution in [0.15, 0.2) is 0 Å². The van der Waals surface area contributed by atoms with E-state index in [-0.39, 0.29) is 0 Å². The standard InChI is InChI=1S/C6H11O11P/c7-1-2(8)4(10)16-6(3(1)9,5(11)12)17-18(13,14)15/h1-4,7-10H,(H,11,12)(H2,13,14,15). The third-order valence-electron chi connectivity index (χ3n) is 2.20. The van der Waals surface area contributed by atoms with Crippen LogP contribution < -0.4 is 0 Å². The van der Waals surface area contributed by atoms with E-state index in [0.717, 1.165) is 0 Å². The number of carboxylic acid groups (broad SMARTS) is 1. The first-order valence-electron chi connectivity index (χ1n) is 4.41. The van der Waals surface area contributed by atoms with E-state index in [1.54, 1.807) is 0 Å². The minimum Gasteiger partial charge on any atom is -0.477 e. The average molecular weight is 290 g/mol. The highest BCUT2D eigenvalue weighted by Crippen LogP contribution is 2.45. The van der Waals surface area contributed by atoms with Gasteiger partial charge in [0.05, 0.1) is 0 Å². The Labute approximate surface area is 99.1 Å². The number of rotatable bonds is 3. The maximum atomic E-state index is 10.9. The molecule has 106 valence electrons. The van der Waals surface area contributed by atoms with Gasteiger partial charge in [0.2, 0.25) is 0 Å². The van der Waals surface area contributed by atoms with Gasteiger partial charge in [-0.25, -0.2) is 13.9 Å². The Morgan fingerprint density at radius 2 is 1.67 bits per heavy atom. The van der Waals surface area contributed by atoms with E-state index in [1.165, 1.54) is 0 Å². The molecule has 5 unspecified atom stereocenters. The number of phosphoric ester groups is 1. The third-order valence-corrected chi connectivity index (χ3v) is 2.71. The molecule has 0 amide bonds. The van der Waals surface area contributed by atoms with E-state index < -0.39 is 44.2 Å². The van der Waals surface area contributed by atoms with E-state index in [0.29, 0.717) is 0 Å². The van der Waals surface area contributed by atoms with Crippen LogP contribution in [-0.4, -0.2) is 71.7 Å². The van der Waals surface area contributed by atoms with E-state index in [9.17, 15) is 19.6 Å². The molecule has 0 radical (unpaired) electrons. The van der Waals surface area contributed by atoms with E-state index in [1.807, 2.05) is 0 Å². The second-order valence-corrected chi connectivity index (χ2v) is 4.65. The minimum atomic E-state index is -5.43. The van der Waals surface area contributed by atoms with E-state index in [2.05, 4.69) is 9.26 Å². The molecule has 0 aromatic rings. The molecule has 1 saturated heterocycles. The summed E-state index contributed by atoms with van der Waals surface area (Å²) in [5.74, 6) is -5.61. The first-order chi connectivity index (χ1) is 8.01. The molecular weight excluding hydrogens is 279 g/mol. The lowest BCUT2D eigenvalue weighted by molar-refractivity contribution is -0.364. The van der Waals surface area contributed by atoms with Gasteiger partial charge in [-0.05, 0) is 0 Å². The molecule has 1 aliphatic rings. The molecule has 0 spiro atoms. The first-order valence-corrected chi connectivity index (χ1v) is 5.94. The molecule has 12 heteroatoms. The summed E-state index contributed by atoms with van der Waals surface area (Å²) in [6, 6.07) is 0. The molecular formula is C6H11O11P. The predicted octanol–water partition coefficient (Wildman–Crippen LogP) is -3.69. The lowest BCUT2D eigenvalue weighted by Crippen LogP contribution is -2.68.